The Morgan fingerprint density at radius 2 is 2.03 bits per heavy atom. The highest BCUT2D eigenvalue weighted by Gasteiger charge is 2.18. The fraction of sp³-hybridized carbons (Fsp3) is 0.261. The van der Waals surface area contributed by atoms with Crippen molar-refractivity contribution in [3.63, 3.8) is 0 Å². The molecule has 0 atom stereocenters. The van der Waals surface area contributed by atoms with E-state index in [1.807, 2.05) is 29.6 Å². The minimum absolute atomic E-state index is 0.0414. The normalized spacial score (nSPS) is 11.3. The highest BCUT2D eigenvalue weighted by Crippen LogP contribution is 2.25. The number of fused-ring (bicyclic) bond motifs is 1. The predicted molar refractivity (Wildman–Crippen MR) is 119 cm³/mol. The lowest BCUT2D eigenvalue weighted by molar-refractivity contribution is 0.104. The molecule has 0 aliphatic carbocycles. The van der Waals surface area contributed by atoms with Crippen LogP contribution in [0.25, 0.3) is 16.9 Å². The van der Waals surface area contributed by atoms with Gasteiger partial charge in [0, 0.05) is 24.0 Å². The quantitative estimate of drug-likeness (QED) is 0.392. The SMILES string of the molecule is CCC(CC)CNc1cccc(-c2ccnc3c(C(=O)c4cccs4)cnn23)c1. The summed E-state index contributed by atoms with van der Waals surface area (Å²) in [4.78, 5) is 17.9. The number of nitrogens with one attached hydrogen (secondary N) is 1. The molecular weight excluding hydrogens is 380 g/mol. The number of anilines is 1. The van der Waals surface area contributed by atoms with Crippen molar-refractivity contribution in [2.75, 3.05) is 11.9 Å². The van der Waals surface area contributed by atoms with Crippen LogP contribution in [0.1, 0.15) is 41.9 Å². The molecule has 4 aromatic rings. The Balaban J connectivity index is 1.67. The van der Waals surface area contributed by atoms with Crippen molar-refractivity contribution in [2.24, 2.45) is 5.92 Å². The molecule has 0 radical (unpaired) electrons. The third-order valence-electron chi connectivity index (χ3n) is 5.30. The molecule has 0 fully saturated rings. The molecule has 148 valence electrons. The molecule has 0 bridgehead atoms. The fourth-order valence-corrected chi connectivity index (χ4v) is 4.12. The van der Waals surface area contributed by atoms with Crippen molar-refractivity contribution < 1.29 is 4.79 Å². The molecule has 0 saturated carbocycles. The molecule has 3 aromatic heterocycles. The van der Waals surface area contributed by atoms with Crippen LogP contribution in [0.2, 0.25) is 0 Å². The van der Waals surface area contributed by atoms with Gasteiger partial charge in [-0.15, -0.1) is 11.3 Å². The molecule has 1 N–H and O–H groups in total. The van der Waals surface area contributed by atoms with Crippen molar-refractivity contribution in [2.45, 2.75) is 26.7 Å². The zero-order valence-corrected chi connectivity index (χ0v) is 17.4. The Kier molecular flexibility index (Phi) is 5.71. The molecule has 29 heavy (non-hydrogen) atoms. The fourth-order valence-electron chi connectivity index (χ4n) is 3.44. The Morgan fingerprint density at radius 3 is 2.79 bits per heavy atom. The van der Waals surface area contributed by atoms with E-state index >= 15 is 0 Å². The van der Waals surface area contributed by atoms with Crippen LogP contribution >= 0.6 is 11.3 Å². The molecule has 0 amide bonds. The number of rotatable bonds is 8. The molecule has 0 spiro atoms. The number of hydrogen-bond acceptors (Lipinski definition) is 5. The molecule has 1 aromatic carbocycles. The number of nitrogens with zero attached hydrogens (tertiary/aromatic N) is 3. The van der Waals surface area contributed by atoms with E-state index < -0.39 is 0 Å². The summed E-state index contributed by atoms with van der Waals surface area (Å²) in [6, 6.07) is 13.9. The average Bonchev–Trinajstić information content (AvgIpc) is 3.44. The van der Waals surface area contributed by atoms with E-state index in [0.717, 1.165) is 23.5 Å². The zero-order chi connectivity index (χ0) is 20.2. The van der Waals surface area contributed by atoms with E-state index in [9.17, 15) is 4.79 Å². The van der Waals surface area contributed by atoms with Gasteiger partial charge in [0.25, 0.3) is 0 Å². The third-order valence-corrected chi connectivity index (χ3v) is 6.17. The minimum Gasteiger partial charge on any atom is -0.385 e. The molecule has 0 aliphatic heterocycles. The van der Waals surface area contributed by atoms with Gasteiger partial charge in [0.2, 0.25) is 5.78 Å². The number of ketones is 1. The van der Waals surface area contributed by atoms with Gasteiger partial charge < -0.3 is 5.32 Å². The van der Waals surface area contributed by atoms with Crippen molar-refractivity contribution in [1.29, 1.82) is 0 Å². The van der Waals surface area contributed by atoms with Crippen LogP contribution in [0.3, 0.4) is 0 Å². The molecule has 0 unspecified atom stereocenters. The predicted octanol–water partition coefficient (Wildman–Crippen LogP) is 5.54. The summed E-state index contributed by atoms with van der Waals surface area (Å²) in [6.07, 6.45) is 5.69. The number of aromatic nitrogens is 3. The standard InChI is InChI=1S/C23H24N4OS/c1-3-16(4-2)14-25-18-8-5-7-17(13-18)20-10-11-24-23-19(15-26-27(20)23)22(28)21-9-6-12-29-21/h5-13,15-16,25H,3-4,14H2,1-2H3. The first kappa shape index (κ1) is 19.3. The van der Waals surface area contributed by atoms with Crippen molar-refractivity contribution >= 4 is 28.5 Å². The number of carbonyl (C=O) groups excluding carboxylic acids is 1. The van der Waals surface area contributed by atoms with E-state index in [0.29, 0.717) is 22.0 Å². The highest BCUT2D eigenvalue weighted by molar-refractivity contribution is 7.12. The van der Waals surface area contributed by atoms with Gasteiger partial charge in [0.15, 0.2) is 5.65 Å². The molecule has 3 heterocycles. The van der Waals surface area contributed by atoms with Gasteiger partial charge in [-0.1, -0.05) is 44.9 Å². The molecule has 5 nitrogen and oxygen atoms in total. The maximum atomic E-state index is 12.8. The van der Waals surface area contributed by atoms with Crippen LogP contribution < -0.4 is 5.32 Å². The first-order chi connectivity index (χ1) is 14.2. The van der Waals surface area contributed by atoms with E-state index in [1.165, 1.54) is 24.2 Å². The summed E-state index contributed by atoms with van der Waals surface area (Å²) in [6.45, 7) is 5.42. The lowest BCUT2D eigenvalue weighted by atomic mass is 10.0. The second-order valence-corrected chi connectivity index (χ2v) is 8.02. The van der Waals surface area contributed by atoms with Crippen LogP contribution in [0.15, 0.2) is 60.2 Å². The largest absolute Gasteiger partial charge is 0.385 e. The molecule has 0 aliphatic rings. The van der Waals surface area contributed by atoms with Gasteiger partial charge in [0.05, 0.1) is 22.3 Å². The zero-order valence-electron chi connectivity index (χ0n) is 16.6. The molecule has 4 rings (SSSR count). The number of hydrogen-bond donors (Lipinski definition) is 1. The summed E-state index contributed by atoms with van der Waals surface area (Å²) < 4.78 is 1.75. The van der Waals surface area contributed by atoms with E-state index in [1.54, 1.807) is 16.9 Å². The first-order valence-electron chi connectivity index (χ1n) is 9.96. The van der Waals surface area contributed by atoms with Gasteiger partial charge >= 0.3 is 0 Å². The van der Waals surface area contributed by atoms with Crippen LogP contribution in [0.5, 0.6) is 0 Å². The van der Waals surface area contributed by atoms with Crippen molar-refractivity contribution in [1.82, 2.24) is 14.6 Å². The van der Waals surface area contributed by atoms with Crippen molar-refractivity contribution in [3.8, 4) is 11.3 Å². The third kappa shape index (κ3) is 3.93. The first-order valence-corrected chi connectivity index (χ1v) is 10.8. The Labute approximate surface area is 174 Å². The van der Waals surface area contributed by atoms with Gasteiger partial charge in [-0.2, -0.15) is 5.10 Å². The maximum absolute atomic E-state index is 12.8. The van der Waals surface area contributed by atoms with E-state index in [-0.39, 0.29) is 5.78 Å². The number of carbonyl (C=O) groups is 1. The maximum Gasteiger partial charge on any atom is 0.208 e. The lowest BCUT2D eigenvalue weighted by Crippen LogP contribution is -2.12. The van der Waals surface area contributed by atoms with Crippen LogP contribution in [0, 0.1) is 5.92 Å². The van der Waals surface area contributed by atoms with E-state index in [2.05, 4.69) is 47.4 Å². The van der Waals surface area contributed by atoms with Crippen LogP contribution in [0.4, 0.5) is 5.69 Å². The summed E-state index contributed by atoms with van der Waals surface area (Å²) in [7, 11) is 0. The summed E-state index contributed by atoms with van der Waals surface area (Å²) in [5, 5.41) is 9.92. The molecule has 6 heteroatoms. The van der Waals surface area contributed by atoms with Gasteiger partial charge in [0.1, 0.15) is 0 Å². The molecular formula is C23H24N4OS. The highest BCUT2D eigenvalue weighted by atomic mass is 32.1. The number of thiophene rings is 1. The lowest BCUT2D eigenvalue weighted by Gasteiger charge is -2.15. The Morgan fingerprint density at radius 1 is 1.17 bits per heavy atom. The number of benzene rings is 1. The average molecular weight is 405 g/mol. The monoisotopic (exact) mass is 404 g/mol. The minimum atomic E-state index is -0.0414. The second kappa shape index (κ2) is 8.57. The van der Waals surface area contributed by atoms with Gasteiger partial charge in [-0.05, 0) is 35.6 Å². The summed E-state index contributed by atoms with van der Waals surface area (Å²) in [5.74, 6) is 0.628. The van der Waals surface area contributed by atoms with Crippen molar-refractivity contribution in [3.05, 3.63) is 70.7 Å². The summed E-state index contributed by atoms with van der Waals surface area (Å²) in [5.41, 5.74) is 4.13. The van der Waals surface area contributed by atoms with Crippen LogP contribution in [-0.2, 0) is 0 Å². The topological polar surface area (TPSA) is 59.3 Å². The Bertz CT molecular complexity index is 1110. The van der Waals surface area contributed by atoms with Crippen LogP contribution in [-0.4, -0.2) is 26.9 Å². The van der Waals surface area contributed by atoms with Gasteiger partial charge in [-0.25, -0.2) is 9.50 Å². The van der Waals surface area contributed by atoms with E-state index in [4.69, 9.17) is 0 Å². The second-order valence-electron chi connectivity index (χ2n) is 7.07. The smallest absolute Gasteiger partial charge is 0.208 e. The summed E-state index contributed by atoms with van der Waals surface area (Å²) >= 11 is 1.43. The Hall–Kier alpha value is -2.99. The van der Waals surface area contributed by atoms with Gasteiger partial charge in [-0.3, -0.25) is 4.79 Å². The molecule has 0 saturated heterocycles.